The second-order valence-corrected chi connectivity index (χ2v) is 10.8. The van der Waals surface area contributed by atoms with Crippen LogP contribution < -0.4 is 10.6 Å². The molecular weight excluding hydrogens is 521 g/mol. The van der Waals surface area contributed by atoms with E-state index >= 15 is 0 Å². The van der Waals surface area contributed by atoms with Crippen LogP contribution in [0, 0.1) is 11.7 Å². The Bertz CT molecular complexity index is 1330. The highest BCUT2D eigenvalue weighted by Gasteiger charge is 2.58. The zero-order chi connectivity index (χ0) is 28.8. The molecule has 0 bridgehead atoms. The SMILES string of the molecule is COC(=O)C1C(c2ccccc2)C(C(=O)NCc2ccc(F)cc2)N(C(=O)NC2CCCCC2)C1c1ccccc1. The van der Waals surface area contributed by atoms with Gasteiger partial charge in [-0.1, -0.05) is 92.1 Å². The number of carbonyl (C=O) groups is 3. The third-order valence-corrected chi connectivity index (χ3v) is 8.28. The van der Waals surface area contributed by atoms with Crippen LogP contribution in [0.15, 0.2) is 84.9 Å². The summed E-state index contributed by atoms with van der Waals surface area (Å²) in [5.41, 5.74) is 2.23. The molecule has 41 heavy (non-hydrogen) atoms. The number of halogens is 1. The smallest absolute Gasteiger partial charge is 0.318 e. The van der Waals surface area contributed by atoms with E-state index in [1.165, 1.54) is 19.2 Å². The van der Waals surface area contributed by atoms with Gasteiger partial charge in [0.05, 0.1) is 19.1 Å². The van der Waals surface area contributed by atoms with Crippen LogP contribution in [-0.2, 0) is 20.9 Å². The van der Waals surface area contributed by atoms with Gasteiger partial charge >= 0.3 is 12.0 Å². The van der Waals surface area contributed by atoms with Crippen LogP contribution in [0.25, 0.3) is 0 Å². The van der Waals surface area contributed by atoms with Gasteiger partial charge in [-0.2, -0.15) is 0 Å². The minimum Gasteiger partial charge on any atom is -0.469 e. The topological polar surface area (TPSA) is 87.7 Å². The van der Waals surface area contributed by atoms with Gasteiger partial charge < -0.3 is 20.3 Å². The van der Waals surface area contributed by atoms with E-state index in [0.717, 1.165) is 48.8 Å². The van der Waals surface area contributed by atoms with Gasteiger partial charge in [-0.05, 0) is 41.7 Å². The fourth-order valence-corrected chi connectivity index (χ4v) is 6.34. The molecule has 0 radical (unpaired) electrons. The molecule has 1 aliphatic heterocycles. The van der Waals surface area contributed by atoms with E-state index in [1.807, 2.05) is 60.7 Å². The summed E-state index contributed by atoms with van der Waals surface area (Å²) in [4.78, 5) is 43.5. The number of hydrogen-bond acceptors (Lipinski definition) is 4. The molecule has 1 saturated heterocycles. The van der Waals surface area contributed by atoms with Crippen molar-refractivity contribution in [1.82, 2.24) is 15.5 Å². The lowest BCUT2D eigenvalue weighted by atomic mass is 9.80. The van der Waals surface area contributed by atoms with Crippen molar-refractivity contribution in [1.29, 1.82) is 0 Å². The molecule has 1 saturated carbocycles. The molecule has 3 amide bonds. The third-order valence-electron chi connectivity index (χ3n) is 8.28. The summed E-state index contributed by atoms with van der Waals surface area (Å²) in [5.74, 6) is -2.74. The second-order valence-electron chi connectivity index (χ2n) is 10.8. The first-order chi connectivity index (χ1) is 20.0. The number of nitrogens with one attached hydrogen (secondary N) is 2. The van der Waals surface area contributed by atoms with Gasteiger partial charge in [0.15, 0.2) is 0 Å². The number of likely N-dealkylation sites (tertiary alicyclic amines) is 1. The van der Waals surface area contributed by atoms with Crippen molar-refractivity contribution in [3.8, 4) is 0 Å². The molecular formula is C33H36FN3O4. The van der Waals surface area contributed by atoms with Crippen LogP contribution in [0.5, 0.6) is 0 Å². The van der Waals surface area contributed by atoms with Crippen LogP contribution in [0.3, 0.4) is 0 Å². The Morgan fingerprint density at radius 2 is 1.46 bits per heavy atom. The maximum absolute atomic E-state index is 14.2. The van der Waals surface area contributed by atoms with Gasteiger partial charge in [-0.25, -0.2) is 9.18 Å². The monoisotopic (exact) mass is 557 g/mol. The van der Waals surface area contributed by atoms with Crippen LogP contribution in [0.1, 0.15) is 60.8 Å². The molecule has 7 nitrogen and oxygen atoms in total. The largest absolute Gasteiger partial charge is 0.469 e. The highest BCUT2D eigenvalue weighted by molar-refractivity contribution is 5.92. The molecule has 4 atom stereocenters. The van der Waals surface area contributed by atoms with Crippen LogP contribution in [0.2, 0.25) is 0 Å². The molecule has 214 valence electrons. The van der Waals surface area contributed by atoms with E-state index in [-0.39, 0.29) is 24.4 Å². The summed E-state index contributed by atoms with van der Waals surface area (Å²) < 4.78 is 18.8. The van der Waals surface area contributed by atoms with Crippen LogP contribution in [-0.4, -0.2) is 42.0 Å². The Morgan fingerprint density at radius 3 is 2.07 bits per heavy atom. The first-order valence-corrected chi connectivity index (χ1v) is 14.3. The van der Waals surface area contributed by atoms with Gasteiger partial charge in [0, 0.05) is 18.5 Å². The maximum atomic E-state index is 14.2. The predicted molar refractivity (Wildman–Crippen MR) is 153 cm³/mol. The Labute approximate surface area is 240 Å². The zero-order valence-corrected chi connectivity index (χ0v) is 23.2. The number of methoxy groups -OCH3 is 1. The third kappa shape index (κ3) is 6.26. The van der Waals surface area contributed by atoms with Gasteiger partial charge in [0.25, 0.3) is 0 Å². The summed E-state index contributed by atoms with van der Waals surface area (Å²) in [6.45, 7) is 0.147. The minimum atomic E-state index is -1.00. The number of amides is 3. The van der Waals surface area contributed by atoms with Crippen molar-refractivity contribution in [3.63, 3.8) is 0 Å². The summed E-state index contributed by atoms with van der Waals surface area (Å²) in [6, 6.07) is 22.5. The van der Waals surface area contributed by atoms with Gasteiger partial charge in [0.1, 0.15) is 11.9 Å². The van der Waals surface area contributed by atoms with Crippen molar-refractivity contribution >= 4 is 17.9 Å². The fraction of sp³-hybridized carbons (Fsp3) is 0.364. The lowest BCUT2D eigenvalue weighted by Gasteiger charge is -2.34. The first-order valence-electron chi connectivity index (χ1n) is 14.3. The average Bonchev–Trinajstić information content (AvgIpc) is 3.38. The Morgan fingerprint density at radius 1 is 0.854 bits per heavy atom. The van der Waals surface area contributed by atoms with E-state index in [9.17, 15) is 18.8 Å². The van der Waals surface area contributed by atoms with Crippen molar-refractivity contribution in [3.05, 3.63) is 107 Å². The van der Waals surface area contributed by atoms with Gasteiger partial charge in [0.2, 0.25) is 5.91 Å². The lowest BCUT2D eigenvalue weighted by Crippen LogP contribution is -2.53. The number of nitrogens with zero attached hydrogens (tertiary/aromatic N) is 1. The molecule has 8 heteroatoms. The van der Waals surface area contributed by atoms with E-state index in [1.54, 1.807) is 17.0 Å². The number of carbonyl (C=O) groups excluding carboxylic acids is 3. The van der Waals surface area contributed by atoms with E-state index in [0.29, 0.717) is 0 Å². The molecule has 1 aliphatic carbocycles. The van der Waals surface area contributed by atoms with Crippen molar-refractivity contribution < 1.29 is 23.5 Å². The lowest BCUT2D eigenvalue weighted by molar-refractivity contribution is -0.146. The molecule has 0 aromatic heterocycles. The Balaban J connectivity index is 1.59. The summed E-state index contributed by atoms with van der Waals surface area (Å²) in [5, 5.41) is 6.15. The highest BCUT2D eigenvalue weighted by Crippen LogP contribution is 2.50. The summed E-state index contributed by atoms with van der Waals surface area (Å²) in [6.07, 6.45) is 4.95. The molecule has 2 N–H and O–H groups in total. The predicted octanol–water partition coefficient (Wildman–Crippen LogP) is 5.48. The summed E-state index contributed by atoms with van der Waals surface area (Å²) in [7, 11) is 1.33. The Hall–Kier alpha value is -4.20. The number of esters is 1. The van der Waals surface area contributed by atoms with E-state index in [4.69, 9.17) is 4.74 Å². The molecule has 4 unspecified atom stereocenters. The number of ether oxygens (including phenoxy) is 1. The maximum Gasteiger partial charge on any atom is 0.318 e. The number of rotatable bonds is 7. The minimum absolute atomic E-state index is 0.00273. The van der Waals surface area contributed by atoms with Crippen molar-refractivity contribution in [2.24, 2.45) is 5.92 Å². The van der Waals surface area contributed by atoms with Crippen LogP contribution in [0.4, 0.5) is 9.18 Å². The standard InChI is InChI=1S/C33H36FN3O4/c1-41-32(39)28-27(23-11-5-2-6-12-23)30(31(38)35-21-22-17-19-25(34)20-18-22)37(29(28)24-13-7-3-8-14-24)33(40)36-26-15-9-4-10-16-26/h2-3,5-8,11-14,17-20,26-30H,4,9-10,15-16,21H2,1H3,(H,35,38)(H,36,40). The number of urea groups is 1. The zero-order valence-electron chi connectivity index (χ0n) is 23.2. The quantitative estimate of drug-likeness (QED) is 0.377. The average molecular weight is 558 g/mol. The molecule has 2 aliphatic rings. The molecule has 3 aromatic carbocycles. The van der Waals surface area contributed by atoms with Gasteiger partial charge in [-0.15, -0.1) is 0 Å². The Kier molecular flexibility index (Phi) is 8.97. The van der Waals surface area contributed by atoms with E-state index < -0.39 is 35.8 Å². The first kappa shape index (κ1) is 28.3. The fourth-order valence-electron chi connectivity index (χ4n) is 6.34. The number of benzene rings is 3. The highest BCUT2D eigenvalue weighted by atomic mass is 19.1. The van der Waals surface area contributed by atoms with Gasteiger partial charge in [-0.3, -0.25) is 9.59 Å². The molecule has 2 fully saturated rings. The van der Waals surface area contributed by atoms with Crippen LogP contribution >= 0.6 is 0 Å². The normalized spacial score (nSPS) is 22.6. The molecule has 0 spiro atoms. The summed E-state index contributed by atoms with van der Waals surface area (Å²) >= 11 is 0. The van der Waals surface area contributed by atoms with Crippen molar-refractivity contribution in [2.75, 3.05) is 7.11 Å². The molecule has 5 rings (SSSR count). The number of hydrogen-bond donors (Lipinski definition) is 2. The molecule has 3 aromatic rings. The second kappa shape index (κ2) is 13.0. The van der Waals surface area contributed by atoms with Crippen molar-refractivity contribution in [2.45, 2.75) is 62.7 Å². The molecule has 1 heterocycles. The van der Waals surface area contributed by atoms with E-state index in [2.05, 4.69) is 10.6 Å².